The third-order valence-electron chi connectivity index (χ3n) is 5.03. The van der Waals surface area contributed by atoms with Crippen LogP contribution >= 0.6 is 23.4 Å². The van der Waals surface area contributed by atoms with Crippen LogP contribution in [0.3, 0.4) is 0 Å². The van der Waals surface area contributed by atoms with Crippen LogP contribution in [0.4, 0.5) is 15.9 Å². The second-order valence-corrected chi connectivity index (χ2v) is 8.57. The lowest BCUT2D eigenvalue weighted by molar-refractivity contribution is -0.113. The van der Waals surface area contributed by atoms with E-state index in [4.69, 9.17) is 21.6 Å². The maximum absolute atomic E-state index is 13.8. The second-order valence-electron chi connectivity index (χ2n) is 7.19. The zero-order valence-corrected chi connectivity index (χ0v) is 18.4. The predicted molar refractivity (Wildman–Crippen MR) is 126 cm³/mol. The first kappa shape index (κ1) is 20.7. The number of halogens is 2. The van der Waals surface area contributed by atoms with Gasteiger partial charge in [0.25, 0.3) is 0 Å². The van der Waals surface area contributed by atoms with E-state index in [2.05, 4.69) is 10.4 Å². The average molecular weight is 469 g/mol. The number of aromatic nitrogens is 2. The fourth-order valence-corrected chi connectivity index (χ4v) is 4.48. The van der Waals surface area contributed by atoms with E-state index in [1.165, 1.54) is 23.9 Å². The summed E-state index contributed by atoms with van der Waals surface area (Å²) >= 11 is 7.31. The highest BCUT2D eigenvalue weighted by molar-refractivity contribution is 8.14. The van der Waals surface area contributed by atoms with Crippen molar-refractivity contribution >= 4 is 51.8 Å². The van der Waals surface area contributed by atoms with Crippen LogP contribution < -0.4 is 5.32 Å². The van der Waals surface area contributed by atoms with E-state index in [0.29, 0.717) is 16.0 Å². The number of amidine groups is 2. The molecule has 0 unspecified atom stereocenters. The molecular formula is C22H18ClFN6OS. The number of nitrogens with zero attached hydrogens (tertiary/aromatic N) is 5. The summed E-state index contributed by atoms with van der Waals surface area (Å²) in [5.74, 6) is 0.763. The molecule has 1 amide bonds. The fourth-order valence-electron chi connectivity index (χ4n) is 3.54. The minimum absolute atomic E-state index is 0.0847. The van der Waals surface area contributed by atoms with Crippen LogP contribution in [-0.2, 0) is 4.79 Å². The molecule has 1 aromatic heterocycles. The van der Waals surface area contributed by atoms with Gasteiger partial charge >= 0.3 is 0 Å². The molecular weight excluding hydrogens is 451 g/mol. The minimum atomic E-state index is -0.470. The average Bonchev–Trinajstić information content (AvgIpc) is 3.24. The van der Waals surface area contributed by atoms with Crippen molar-refractivity contribution in [3.05, 3.63) is 71.1 Å². The Hall–Kier alpha value is -3.17. The summed E-state index contributed by atoms with van der Waals surface area (Å²) in [6.45, 7) is 1.48. The smallest absolute Gasteiger partial charge is 0.234 e. The Balaban J connectivity index is 1.42. The summed E-state index contributed by atoms with van der Waals surface area (Å²) in [4.78, 5) is 24.0. The minimum Gasteiger partial charge on any atom is -0.323 e. The quantitative estimate of drug-likeness (QED) is 0.612. The lowest BCUT2D eigenvalue weighted by atomic mass is 10.2. The number of rotatable bonds is 4. The molecule has 3 aromatic rings. The van der Waals surface area contributed by atoms with Crippen LogP contribution in [0.25, 0.3) is 5.69 Å². The molecule has 0 fully saturated rings. The lowest BCUT2D eigenvalue weighted by Gasteiger charge is -2.32. The van der Waals surface area contributed by atoms with Crippen molar-refractivity contribution in [3.8, 4) is 5.69 Å². The SMILES string of the molecule is O=C(CSC1=Nc2c(cnn2-c2ccc(Cl)cc2)C2=NCCCN12)Nc1ccccc1F. The van der Waals surface area contributed by atoms with E-state index in [1.807, 2.05) is 17.0 Å². The zero-order chi connectivity index (χ0) is 22.1. The Morgan fingerprint density at radius 2 is 2.00 bits per heavy atom. The van der Waals surface area contributed by atoms with Crippen molar-refractivity contribution in [2.75, 3.05) is 24.2 Å². The second kappa shape index (κ2) is 8.76. The van der Waals surface area contributed by atoms with Crippen LogP contribution in [0.5, 0.6) is 0 Å². The highest BCUT2D eigenvalue weighted by Gasteiger charge is 2.31. The molecule has 3 heterocycles. The van der Waals surface area contributed by atoms with Crippen molar-refractivity contribution in [2.24, 2.45) is 9.98 Å². The molecule has 0 saturated carbocycles. The molecule has 2 aromatic carbocycles. The number of nitrogens with one attached hydrogen (secondary N) is 1. The van der Waals surface area contributed by atoms with Crippen LogP contribution in [-0.4, -0.2) is 50.4 Å². The summed E-state index contributed by atoms with van der Waals surface area (Å²) in [6, 6.07) is 13.4. The largest absolute Gasteiger partial charge is 0.323 e. The van der Waals surface area contributed by atoms with E-state index < -0.39 is 5.82 Å². The maximum atomic E-state index is 13.8. The van der Waals surface area contributed by atoms with Crippen molar-refractivity contribution in [1.29, 1.82) is 0 Å². The number of amides is 1. The molecule has 10 heteroatoms. The Kier molecular flexibility index (Phi) is 5.67. The number of anilines is 1. The van der Waals surface area contributed by atoms with E-state index in [1.54, 1.807) is 35.1 Å². The standard InChI is InChI=1S/C22H18ClFN6OS/c23-14-6-8-15(9-7-14)30-21-16(12-26-30)20-25-10-3-11-29(20)22(28-21)32-13-19(31)27-18-5-2-1-4-17(18)24/h1-2,4-9,12H,3,10-11,13H2,(H,27,31). The number of carbonyl (C=O) groups excluding carboxylic acids is 1. The molecule has 0 aliphatic carbocycles. The van der Waals surface area contributed by atoms with Crippen LogP contribution in [0.2, 0.25) is 5.02 Å². The van der Waals surface area contributed by atoms with E-state index >= 15 is 0 Å². The van der Waals surface area contributed by atoms with Gasteiger partial charge in [0.2, 0.25) is 5.91 Å². The highest BCUT2D eigenvalue weighted by atomic mass is 35.5. The summed E-state index contributed by atoms with van der Waals surface area (Å²) in [5, 5.41) is 8.42. The number of benzene rings is 2. The fraction of sp³-hybridized carbons (Fsp3) is 0.182. The summed E-state index contributed by atoms with van der Waals surface area (Å²) in [5.41, 5.74) is 1.83. The Morgan fingerprint density at radius 1 is 1.19 bits per heavy atom. The number of para-hydroxylation sites is 1. The van der Waals surface area contributed by atoms with Crippen LogP contribution in [0, 0.1) is 5.82 Å². The number of carbonyl (C=O) groups is 1. The normalized spacial score (nSPS) is 14.9. The molecule has 2 aliphatic rings. The van der Waals surface area contributed by atoms with E-state index in [-0.39, 0.29) is 17.3 Å². The van der Waals surface area contributed by atoms with Gasteiger partial charge in [-0.25, -0.2) is 14.1 Å². The van der Waals surface area contributed by atoms with Crippen molar-refractivity contribution in [2.45, 2.75) is 6.42 Å². The summed E-state index contributed by atoms with van der Waals surface area (Å²) in [6.07, 6.45) is 2.65. The third kappa shape index (κ3) is 4.01. The maximum Gasteiger partial charge on any atom is 0.234 e. The van der Waals surface area contributed by atoms with E-state index in [0.717, 1.165) is 36.6 Å². The molecule has 32 heavy (non-hydrogen) atoms. The third-order valence-corrected chi connectivity index (χ3v) is 6.25. The molecule has 7 nitrogen and oxygen atoms in total. The Morgan fingerprint density at radius 3 is 2.81 bits per heavy atom. The number of hydrogen-bond acceptors (Lipinski definition) is 6. The molecule has 0 bridgehead atoms. The van der Waals surface area contributed by atoms with Gasteiger partial charge in [-0.2, -0.15) is 5.10 Å². The molecule has 5 rings (SSSR count). The molecule has 0 radical (unpaired) electrons. The monoisotopic (exact) mass is 468 g/mol. The zero-order valence-electron chi connectivity index (χ0n) is 16.8. The van der Waals surface area contributed by atoms with Gasteiger partial charge in [-0.15, -0.1) is 0 Å². The van der Waals surface area contributed by atoms with Crippen LogP contribution in [0.15, 0.2) is 64.7 Å². The van der Waals surface area contributed by atoms with Gasteiger partial charge in [0.1, 0.15) is 11.7 Å². The predicted octanol–water partition coefficient (Wildman–Crippen LogP) is 4.49. The topological polar surface area (TPSA) is 74.9 Å². The molecule has 162 valence electrons. The van der Waals surface area contributed by atoms with Crippen molar-refractivity contribution in [1.82, 2.24) is 14.7 Å². The van der Waals surface area contributed by atoms with Gasteiger partial charge in [0.15, 0.2) is 11.0 Å². The number of aliphatic imine (C=N–C) groups is 2. The van der Waals surface area contributed by atoms with Crippen molar-refractivity contribution in [3.63, 3.8) is 0 Å². The van der Waals surface area contributed by atoms with Crippen LogP contribution in [0.1, 0.15) is 12.0 Å². The van der Waals surface area contributed by atoms with Gasteiger partial charge < -0.3 is 10.2 Å². The van der Waals surface area contributed by atoms with Gasteiger partial charge in [0.05, 0.1) is 28.9 Å². The summed E-state index contributed by atoms with van der Waals surface area (Å²) < 4.78 is 15.6. The van der Waals surface area contributed by atoms with E-state index in [9.17, 15) is 9.18 Å². The van der Waals surface area contributed by atoms with Crippen molar-refractivity contribution < 1.29 is 9.18 Å². The molecule has 0 spiro atoms. The summed E-state index contributed by atoms with van der Waals surface area (Å²) in [7, 11) is 0. The van der Waals surface area contributed by atoms with Gasteiger partial charge in [-0.3, -0.25) is 9.79 Å². The first-order chi connectivity index (χ1) is 15.6. The number of fused-ring (bicyclic) bond motifs is 3. The van der Waals surface area contributed by atoms with Gasteiger partial charge in [-0.05, 0) is 42.8 Å². The Bertz CT molecular complexity index is 1240. The van der Waals surface area contributed by atoms with Gasteiger partial charge in [-0.1, -0.05) is 35.5 Å². The Labute approximate surface area is 193 Å². The number of thioether (sulfide) groups is 1. The number of hydrogen-bond donors (Lipinski definition) is 1. The first-order valence-electron chi connectivity index (χ1n) is 10.0. The molecule has 1 N–H and O–H groups in total. The lowest BCUT2D eigenvalue weighted by Crippen LogP contribution is -2.42. The first-order valence-corrected chi connectivity index (χ1v) is 11.4. The molecule has 2 aliphatic heterocycles. The van der Waals surface area contributed by atoms with Gasteiger partial charge in [0, 0.05) is 18.1 Å². The highest BCUT2D eigenvalue weighted by Crippen LogP contribution is 2.33. The molecule has 0 saturated heterocycles. The molecule has 0 atom stereocenters.